The Labute approximate surface area is 85.6 Å². The summed E-state index contributed by atoms with van der Waals surface area (Å²) < 4.78 is 0. The second-order valence-corrected chi connectivity index (χ2v) is 5.36. The lowest BCUT2D eigenvalue weighted by atomic mass is 9.56. The van der Waals surface area contributed by atoms with E-state index in [9.17, 15) is 4.79 Å². The van der Waals surface area contributed by atoms with Gasteiger partial charge in [-0.25, -0.2) is 0 Å². The van der Waals surface area contributed by atoms with Crippen LogP contribution in [0.25, 0.3) is 0 Å². The minimum Gasteiger partial charge on any atom is -0.299 e. The summed E-state index contributed by atoms with van der Waals surface area (Å²) in [4.78, 5) is 12.1. The van der Waals surface area contributed by atoms with E-state index in [0.717, 1.165) is 12.3 Å². The number of hydrogen-bond donors (Lipinski definition) is 0. The van der Waals surface area contributed by atoms with Crippen molar-refractivity contribution in [3.05, 3.63) is 12.2 Å². The molecule has 1 nitrogen and oxygen atoms in total. The Kier molecular flexibility index (Phi) is 1.83. The molecule has 0 N–H and O–H groups in total. The summed E-state index contributed by atoms with van der Waals surface area (Å²) in [6, 6.07) is 0. The van der Waals surface area contributed by atoms with Gasteiger partial charge in [0, 0.05) is 11.8 Å². The van der Waals surface area contributed by atoms with E-state index in [1.54, 1.807) is 0 Å². The number of carbonyl (C=O) groups is 1. The minimum atomic E-state index is 0.337. The van der Waals surface area contributed by atoms with E-state index in [2.05, 4.69) is 19.1 Å². The number of ketones is 1. The first-order chi connectivity index (χ1) is 6.77. The van der Waals surface area contributed by atoms with Gasteiger partial charge in [-0.15, -0.1) is 0 Å². The quantitative estimate of drug-likeness (QED) is 0.537. The van der Waals surface area contributed by atoms with Gasteiger partial charge in [0.2, 0.25) is 0 Å². The van der Waals surface area contributed by atoms with Crippen LogP contribution in [0.1, 0.15) is 32.6 Å². The lowest BCUT2D eigenvalue weighted by Gasteiger charge is -2.48. The molecule has 4 rings (SSSR count). The largest absolute Gasteiger partial charge is 0.299 e. The first-order valence-electron chi connectivity index (χ1n) is 5.99. The number of hydrogen-bond acceptors (Lipinski definition) is 1. The Hall–Kier alpha value is -0.590. The van der Waals surface area contributed by atoms with Crippen LogP contribution in [0.4, 0.5) is 0 Å². The van der Waals surface area contributed by atoms with Gasteiger partial charge in [0.1, 0.15) is 5.78 Å². The van der Waals surface area contributed by atoms with Crippen molar-refractivity contribution in [1.82, 2.24) is 0 Å². The molecule has 0 aliphatic heterocycles. The highest BCUT2D eigenvalue weighted by atomic mass is 16.1. The highest BCUT2D eigenvalue weighted by Crippen LogP contribution is 2.50. The maximum Gasteiger partial charge on any atom is 0.139 e. The van der Waals surface area contributed by atoms with E-state index in [1.807, 2.05) is 0 Å². The Bertz CT molecular complexity index is 292. The van der Waals surface area contributed by atoms with E-state index in [4.69, 9.17) is 0 Å². The maximum absolute atomic E-state index is 12.1. The molecular formula is C13H18O. The van der Waals surface area contributed by atoms with Crippen LogP contribution in [0.15, 0.2) is 12.2 Å². The van der Waals surface area contributed by atoms with Gasteiger partial charge in [-0.05, 0) is 43.4 Å². The molecule has 76 valence electrons. The molecule has 1 heteroatoms. The summed E-state index contributed by atoms with van der Waals surface area (Å²) in [6.07, 6.45) is 9.74. The fraction of sp³-hybridized carbons (Fsp3) is 0.769. The van der Waals surface area contributed by atoms with Crippen molar-refractivity contribution >= 4 is 5.78 Å². The van der Waals surface area contributed by atoms with E-state index in [0.29, 0.717) is 29.5 Å². The summed E-state index contributed by atoms with van der Waals surface area (Å²) >= 11 is 0. The first kappa shape index (κ1) is 8.70. The van der Waals surface area contributed by atoms with Gasteiger partial charge < -0.3 is 0 Å². The maximum atomic E-state index is 12.1. The van der Waals surface area contributed by atoms with Crippen LogP contribution in [0.3, 0.4) is 0 Å². The molecule has 0 heterocycles. The summed E-state index contributed by atoms with van der Waals surface area (Å²) in [7, 11) is 0. The number of rotatable bonds is 0. The summed E-state index contributed by atoms with van der Waals surface area (Å²) in [5.74, 6) is 3.36. The molecule has 0 radical (unpaired) electrons. The normalized spacial score (nSPS) is 50.6. The van der Waals surface area contributed by atoms with Crippen molar-refractivity contribution < 1.29 is 4.79 Å². The third-order valence-electron chi connectivity index (χ3n) is 4.66. The highest BCUT2D eigenvalue weighted by molar-refractivity contribution is 5.85. The molecule has 4 aliphatic rings. The molecule has 14 heavy (non-hydrogen) atoms. The van der Waals surface area contributed by atoms with Crippen molar-refractivity contribution in [3.63, 3.8) is 0 Å². The van der Waals surface area contributed by atoms with E-state index >= 15 is 0 Å². The third-order valence-corrected chi connectivity index (χ3v) is 4.66. The molecule has 2 bridgehead atoms. The monoisotopic (exact) mass is 190 g/mol. The van der Waals surface area contributed by atoms with E-state index < -0.39 is 0 Å². The van der Waals surface area contributed by atoms with Gasteiger partial charge in [0.15, 0.2) is 0 Å². The molecule has 4 aliphatic carbocycles. The molecule has 0 aromatic carbocycles. The van der Waals surface area contributed by atoms with Gasteiger partial charge >= 0.3 is 0 Å². The van der Waals surface area contributed by atoms with Crippen molar-refractivity contribution in [2.24, 2.45) is 29.6 Å². The molecule has 2 saturated carbocycles. The Balaban J connectivity index is 1.95. The fourth-order valence-corrected chi connectivity index (χ4v) is 3.83. The van der Waals surface area contributed by atoms with Crippen LogP contribution in [-0.2, 0) is 4.79 Å². The molecule has 0 amide bonds. The number of fused-ring (bicyclic) bond motifs is 1. The van der Waals surface area contributed by atoms with Crippen LogP contribution in [0.2, 0.25) is 0 Å². The van der Waals surface area contributed by atoms with Crippen molar-refractivity contribution in [3.8, 4) is 0 Å². The van der Waals surface area contributed by atoms with Crippen molar-refractivity contribution in [2.75, 3.05) is 0 Å². The average molecular weight is 190 g/mol. The molecule has 2 unspecified atom stereocenters. The van der Waals surface area contributed by atoms with Crippen molar-refractivity contribution in [1.29, 1.82) is 0 Å². The molecule has 0 aromatic rings. The lowest BCUT2D eigenvalue weighted by Crippen LogP contribution is -2.46. The predicted octanol–water partition coefficient (Wildman–Crippen LogP) is 2.81. The molecule has 0 spiro atoms. The zero-order chi connectivity index (χ0) is 9.71. The van der Waals surface area contributed by atoms with E-state index in [-0.39, 0.29) is 0 Å². The van der Waals surface area contributed by atoms with Gasteiger partial charge in [0.05, 0.1) is 0 Å². The highest BCUT2D eigenvalue weighted by Gasteiger charge is 2.47. The first-order valence-corrected chi connectivity index (χ1v) is 5.99. The number of carbonyl (C=O) groups excluding carboxylic acids is 1. The molecular weight excluding hydrogens is 172 g/mol. The minimum absolute atomic E-state index is 0.337. The van der Waals surface area contributed by atoms with Gasteiger partial charge in [-0.3, -0.25) is 4.79 Å². The zero-order valence-electron chi connectivity index (χ0n) is 8.78. The second-order valence-electron chi connectivity index (χ2n) is 5.36. The second kappa shape index (κ2) is 2.95. The fourth-order valence-electron chi connectivity index (χ4n) is 3.83. The number of allylic oxidation sites excluding steroid dienone is 2. The predicted molar refractivity (Wildman–Crippen MR) is 55.7 cm³/mol. The number of Topliss-reactive ketones (excluding diaryl/α,β-unsaturated/α-hetero) is 1. The van der Waals surface area contributed by atoms with Gasteiger partial charge in [-0.1, -0.05) is 19.1 Å². The van der Waals surface area contributed by atoms with Crippen LogP contribution >= 0.6 is 0 Å². The topological polar surface area (TPSA) is 17.1 Å². The SMILES string of the molecule is CC1CC[C@H]2C3C=C[C@H](CC3)[C@H]2C1=O. The standard InChI is InChI=1S/C13H18O/c1-8-2-7-11-9-3-5-10(6-4-9)12(11)13(8)14/h3,5,8-12H,2,4,6-7H2,1H3/t8?,9?,10-,11+,12-/m1/s1. The molecule has 0 aromatic heterocycles. The molecule has 2 fully saturated rings. The van der Waals surface area contributed by atoms with Gasteiger partial charge in [0.25, 0.3) is 0 Å². The van der Waals surface area contributed by atoms with Crippen molar-refractivity contribution in [2.45, 2.75) is 32.6 Å². The Morgan fingerprint density at radius 2 is 1.79 bits per heavy atom. The summed E-state index contributed by atoms with van der Waals surface area (Å²) in [5.41, 5.74) is 0. The summed E-state index contributed by atoms with van der Waals surface area (Å²) in [6.45, 7) is 2.12. The lowest BCUT2D eigenvalue weighted by molar-refractivity contribution is -0.135. The smallest absolute Gasteiger partial charge is 0.139 e. The molecule has 0 saturated heterocycles. The zero-order valence-corrected chi connectivity index (χ0v) is 8.78. The molecule has 5 atom stereocenters. The van der Waals surface area contributed by atoms with Crippen LogP contribution < -0.4 is 0 Å². The Morgan fingerprint density at radius 1 is 1.07 bits per heavy atom. The summed E-state index contributed by atoms with van der Waals surface area (Å²) in [5, 5.41) is 0. The van der Waals surface area contributed by atoms with Crippen LogP contribution in [-0.4, -0.2) is 5.78 Å². The average Bonchev–Trinajstić information content (AvgIpc) is 2.25. The third kappa shape index (κ3) is 1.04. The van der Waals surface area contributed by atoms with Crippen LogP contribution in [0, 0.1) is 29.6 Å². The van der Waals surface area contributed by atoms with E-state index in [1.165, 1.54) is 19.3 Å². The van der Waals surface area contributed by atoms with Gasteiger partial charge in [-0.2, -0.15) is 0 Å². The Morgan fingerprint density at radius 3 is 2.50 bits per heavy atom. The van der Waals surface area contributed by atoms with Crippen LogP contribution in [0.5, 0.6) is 0 Å².